The summed E-state index contributed by atoms with van der Waals surface area (Å²) < 4.78 is 4.58. The number of thioether (sulfide) groups is 1. The molecule has 1 aromatic carbocycles. The number of amides is 2. The van der Waals surface area contributed by atoms with Crippen molar-refractivity contribution in [3.63, 3.8) is 0 Å². The van der Waals surface area contributed by atoms with Crippen LogP contribution in [0.1, 0.15) is 6.92 Å². The number of hydrogen-bond donors (Lipinski definition) is 2. The van der Waals surface area contributed by atoms with Gasteiger partial charge in [0, 0.05) is 4.90 Å². The van der Waals surface area contributed by atoms with Gasteiger partial charge in [-0.2, -0.15) is 0 Å². The highest BCUT2D eigenvalue weighted by Gasteiger charge is 2.16. The predicted octanol–water partition coefficient (Wildman–Crippen LogP) is 0.766. The number of rotatable bonds is 5. The molecule has 0 radical (unpaired) electrons. The quantitative estimate of drug-likeness (QED) is 0.472. The molecule has 0 saturated carbocycles. The second kappa shape index (κ2) is 7.42. The molecule has 6 nitrogen and oxygen atoms in total. The average Bonchev–Trinajstić information content (AvgIpc) is 2.37. The number of esters is 1. The molecule has 0 unspecified atom stereocenters. The van der Waals surface area contributed by atoms with Gasteiger partial charge in [0.15, 0.2) is 0 Å². The van der Waals surface area contributed by atoms with E-state index < -0.39 is 17.8 Å². The summed E-state index contributed by atoms with van der Waals surface area (Å²) in [5, 5.41) is 2.43. The van der Waals surface area contributed by atoms with E-state index in [9.17, 15) is 14.4 Å². The van der Waals surface area contributed by atoms with Gasteiger partial charge < -0.3 is 15.8 Å². The molecule has 2 amide bonds. The summed E-state index contributed by atoms with van der Waals surface area (Å²) in [6.45, 7) is 1.74. The number of nitrogens with one attached hydrogen (secondary N) is 1. The molecule has 0 bridgehead atoms. The molecule has 0 aliphatic rings. The van der Waals surface area contributed by atoms with Crippen LogP contribution in [0.5, 0.6) is 0 Å². The fraction of sp³-hybridized carbons (Fsp3) is 0.250. The zero-order chi connectivity index (χ0) is 14.3. The number of ether oxygens (including phenoxy) is 1. The lowest BCUT2D eigenvalue weighted by Crippen LogP contribution is -2.25. The third kappa shape index (κ3) is 5.01. The third-order valence-electron chi connectivity index (χ3n) is 1.97. The lowest BCUT2D eigenvalue weighted by atomic mass is 10.3. The molecule has 0 aliphatic heterocycles. The van der Waals surface area contributed by atoms with Gasteiger partial charge in [0.05, 0.1) is 18.0 Å². The fourth-order valence-electron chi connectivity index (χ4n) is 1.21. The summed E-state index contributed by atoms with van der Waals surface area (Å²) in [5.41, 5.74) is 5.50. The summed E-state index contributed by atoms with van der Waals surface area (Å²) in [4.78, 5) is 34.1. The maximum atomic E-state index is 11.5. The van der Waals surface area contributed by atoms with Gasteiger partial charge in [-0.3, -0.25) is 9.59 Å². The SMILES string of the molecule is CCOC(=O)C(=O)Nc1ccccc1SCC(N)=O. The molecule has 7 heteroatoms. The largest absolute Gasteiger partial charge is 0.459 e. The number of nitrogens with two attached hydrogens (primary N) is 1. The Hall–Kier alpha value is -2.02. The Labute approximate surface area is 114 Å². The summed E-state index contributed by atoms with van der Waals surface area (Å²) in [5.74, 6) is -2.17. The van der Waals surface area contributed by atoms with Gasteiger partial charge in [-0.25, -0.2) is 4.79 Å². The van der Waals surface area contributed by atoms with E-state index in [1.807, 2.05) is 0 Å². The fourth-order valence-corrected chi connectivity index (χ4v) is 1.96. The van der Waals surface area contributed by atoms with E-state index in [1.165, 1.54) is 11.8 Å². The van der Waals surface area contributed by atoms with E-state index in [1.54, 1.807) is 31.2 Å². The first-order valence-corrected chi connectivity index (χ1v) is 6.51. The molecule has 0 heterocycles. The van der Waals surface area contributed by atoms with Crippen molar-refractivity contribution >= 4 is 35.2 Å². The Bertz CT molecular complexity index is 490. The Morgan fingerprint density at radius 3 is 2.63 bits per heavy atom. The molecule has 3 N–H and O–H groups in total. The van der Waals surface area contributed by atoms with E-state index in [0.29, 0.717) is 10.6 Å². The van der Waals surface area contributed by atoms with Crippen molar-refractivity contribution in [3.05, 3.63) is 24.3 Å². The summed E-state index contributed by atoms with van der Waals surface area (Å²) in [7, 11) is 0. The van der Waals surface area contributed by atoms with Crippen LogP contribution in [0.15, 0.2) is 29.2 Å². The Kier molecular flexibility index (Phi) is 5.87. The highest BCUT2D eigenvalue weighted by atomic mass is 32.2. The average molecular weight is 282 g/mol. The molecule has 0 spiro atoms. The van der Waals surface area contributed by atoms with Gasteiger partial charge in [0.2, 0.25) is 5.91 Å². The number of anilines is 1. The molecule has 0 aromatic heterocycles. The maximum Gasteiger partial charge on any atom is 0.397 e. The first-order valence-electron chi connectivity index (χ1n) is 5.52. The van der Waals surface area contributed by atoms with Gasteiger partial charge in [-0.1, -0.05) is 12.1 Å². The lowest BCUT2D eigenvalue weighted by Gasteiger charge is -2.09. The van der Waals surface area contributed by atoms with Crippen LogP contribution < -0.4 is 11.1 Å². The van der Waals surface area contributed by atoms with Crippen LogP contribution in [-0.4, -0.2) is 30.1 Å². The molecular weight excluding hydrogens is 268 g/mol. The highest BCUT2D eigenvalue weighted by molar-refractivity contribution is 8.00. The van der Waals surface area contributed by atoms with Crippen molar-refractivity contribution in [2.24, 2.45) is 5.73 Å². The molecule has 1 aromatic rings. The van der Waals surface area contributed by atoms with Crippen molar-refractivity contribution in [1.29, 1.82) is 0 Å². The number of hydrogen-bond acceptors (Lipinski definition) is 5. The molecular formula is C12H14N2O4S. The van der Waals surface area contributed by atoms with Gasteiger partial charge >= 0.3 is 11.9 Å². The van der Waals surface area contributed by atoms with E-state index in [4.69, 9.17) is 5.73 Å². The van der Waals surface area contributed by atoms with Crippen LogP contribution in [0, 0.1) is 0 Å². The van der Waals surface area contributed by atoms with Crippen LogP contribution in [-0.2, 0) is 19.1 Å². The third-order valence-corrected chi connectivity index (χ3v) is 3.06. The van der Waals surface area contributed by atoms with E-state index in [2.05, 4.69) is 10.1 Å². The van der Waals surface area contributed by atoms with Crippen LogP contribution in [0.2, 0.25) is 0 Å². The van der Waals surface area contributed by atoms with Crippen molar-refractivity contribution in [1.82, 2.24) is 0 Å². The minimum atomic E-state index is -0.947. The highest BCUT2D eigenvalue weighted by Crippen LogP contribution is 2.26. The number of carbonyl (C=O) groups is 3. The summed E-state index contributed by atoms with van der Waals surface area (Å²) in [6, 6.07) is 6.80. The Balaban J connectivity index is 2.74. The normalized spacial score (nSPS) is 9.74. The number of benzene rings is 1. The first-order chi connectivity index (χ1) is 9.04. The standard InChI is InChI=1S/C12H14N2O4S/c1-2-18-12(17)11(16)14-8-5-3-4-6-9(8)19-7-10(13)15/h3-6H,2,7H2,1H3,(H2,13,15)(H,14,16). The second-order valence-electron chi connectivity index (χ2n) is 3.43. The van der Waals surface area contributed by atoms with Crippen LogP contribution in [0.25, 0.3) is 0 Å². The molecule has 19 heavy (non-hydrogen) atoms. The minimum absolute atomic E-state index is 0.0896. The van der Waals surface area contributed by atoms with E-state index >= 15 is 0 Å². The lowest BCUT2D eigenvalue weighted by molar-refractivity contribution is -0.152. The van der Waals surface area contributed by atoms with E-state index in [0.717, 1.165) is 0 Å². The molecule has 0 aliphatic carbocycles. The topological polar surface area (TPSA) is 98.5 Å². The van der Waals surface area contributed by atoms with Gasteiger partial charge in [-0.15, -0.1) is 11.8 Å². The van der Waals surface area contributed by atoms with Crippen molar-refractivity contribution in [3.8, 4) is 0 Å². The Morgan fingerprint density at radius 1 is 1.32 bits per heavy atom. The van der Waals surface area contributed by atoms with E-state index in [-0.39, 0.29) is 12.4 Å². The monoisotopic (exact) mass is 282 g/mol. The van der Waals surface area contributed by atoms with Crippen molar-refractivity contribution in [2.45, 2.75) is 11.8 Å². The zero-order valence-corrected chi connectivity index (χ0v) is 11.2. The molecule has 102 valence electrons. The smallest absolute Gasteiger partial charge is 0.397 e. The number of para-hydroxylation sites is 1. The first kappa shape index (κ1) is 15.0. The molecule has 0 saturated heterocycles. The zero-order valence-electron chi connectivity index (χ0n) is 10.3. The summed E-state index contributed by atoms with van der Waals surface area (Å²) >= 11 is 1.18. The van der Waals surface area contributed by atoms with Gasteiger partial charge in [-0.05, 0) is 19.1 Å². The molecule has 0 atom stereocenters. The van der Waals surface area contributed by atoms with Crippen LogP contribution >= 0.6 is 11.8 Å². The molecule has 1 rings (SSSR count). The molecule has 0 fully saturated rings. The minimum Gasteiger partial charge on any atom is -0.459 e. The van der Waals surface area contributed by atoms with Gasteiger partial charge in [0.1, 0.15) is 0 Å². The maximum absolute atomic E-state index is 11.5. The predicted molar refractivity (Wildman–Crippen MR) is 71.6 cm³/mol. The summed E-state index contributed by atoms with van der Waals surface area (Å²) in [6.07, 6.45) is 0. The Morgan fingerprint density at radius 2 is 2.00 bits per heavy atom. The van der Waals surface area contributed by atoms with Crippen molar-refractivity contribution in [2.75, 3.05) is 17.7 Å². The number of primary amides is 1. The second-order valence-corrected chi connectivity index (χ2v) is 4.44. The van der Waals surface area contributed by atoms with Gasteiger partial charge in [0.25, 0.3) is 0 Å². The van der Waals surface area contributed by atoms with Crippen molar-refractivity contribution < 1.29 is 19.1 Å². The van der Waals surface area contributed by atoms with Crippen LogP contribution in [0.4, 0.5) is 5.69 Å². The van der Waals surface area contributed by atoms with Crippen LogP contribution in [0.3, 0.4) is 0 Å². The number of carbonyl (C=O) groups excluding carboxylic acids is 3.